The minimum absolute atomic E-state index is 0.149. The van der Waals surface area contributed by atoms with Crippen molar-refractivity contribution < 1.29 is 24.0 Å². The quantitative estimate of drug-likeness (QED) is 0.199. The predicted molar refractivity (Wildman–Crippen MR) is 136 cm³/mol. The van der Waals surface area contributed by atoms with Crippen molar-refractivity contribution in [1.82, 2.24) is 31.5 Å². The molecule has 0 spiro atoms. The van der Waals surface area contributed by atoms with Crippen LogP contribution in [-0.4, -0.2) is 74.3 Å². The molecule has 2 aliphatic heterocycles. The first-order chi connectivity index (χ1) is 17.3. The molecule has 1 saturated heterocycles. The highest BCUT2D eigenvalue weighted by atomic mass is 32.1. The van der Waals surface area contributed by atoms with E-state index in [1.54, 1.807) is 7.05 Å². The van der Waals surface area contributed by atoms with Crippen molar-refractivity contribution in [3.63, 3.8) is 0 Å². The van der Waals surface area contributed by atoms with Crippen molar-refractivity contribution in [3.8, 4) is 0 Å². The van der Waals surface area contributed by atoms with Gasteiger partial charge in [0.2, 0.25) is 17.7 Å². The van der Waals surface area contributed by atoms with Crippen LogP contribution < -0.4 is 32.3 Å². The number of likely N-dealkylation sites (N-methyl/N-ethyl adjacent to an activating group) is 1. The second-order valence-corrected chi connectivity index (χ2v) is 9.78. The fourth-order valence-corrected chi connectivity index (χ4v) is 4.55. The molecule has 7 N–H and O–H groups in total. The van der Waals surface area contributed by atoms with E-state index in [9.17, 15) is 24.0 Å². The summed E-state index contributed by atoms with van der Waals surface area (Å²) in [5.41, 5.74) is 5.32. The summed E-state index contributed by atoms with van der Waals surface area (Å²) >= 11 is 1.28. The number of piperidine rings is 1. The van der Waals surface area contributed by atoms with Gasteiger partial charge in [0, 0.05) is 30.9 Å². The SMILES string of the molecule is CC1CC1.CN.CNCC(=O)NCCNC(=O)NCc1cc2c(s1)C(=O)N(C1CCC(=O)NC1=O)C2. The number of hydrogen-bond donors (Lipinski definition) is 6. The molecule has 1 unspecified atom stereocenters. The molecule has 3 aliphatic rings. The number of urea groups is 1. The standard InChI is InChI=1S/C18H24N6O5S.C4H8.CH5N/c1-19-8-14(26)20-4-5-21-18(29)22-7-11-6-10-9-24(17(28)15(10)30-11)12-2-3-13(25)23-16(12)27;1-4-2-3-4;1-2/h6,12,19H,2-5,7-9H2,1H3,(H,20,26)(H2,21,22,29)(H,23,25,27);4H,2-3H2,1H3;2H2,1H3. The van der Waals surface area contributed by atoms with Crippen LogP contribution in [0.2, 0.25) is 0 Å². The summed E-state index contributed by atoms with van der Waals surface area (Å²) in [5.74, 6) is -0.0403. The molecule has 1 aliphatic carbocycles. The number of nitrogens with two attached hydrogens (primary N) is 1. The van der Waals surface area contributed by atoms with Gasteiger partial charge < -0.3 is 31.9 Å². The van der Waals surface area contributed by atoms with Crippen LogP contribution in [0.4, 0.5) is 4.79 Å². The van der Waals surface area contributed by atoms with Crippen LogP contribution in [0.25, 0.3) is 0 Å². The van der Waals surface area contributed by atoms with Crippen molar-refractivity contribution in [2.45, 2.75) is 51.7 Å². The largest absolute Gasteiger partial charge is 0.353 e. The van der Waals surface area contributed by atoms with E-state index >= 15 is 0 Å². The number of carbonyl (C=O) groups is 5. The van der Waals surface area contributed by atoms with E-state index in [0.717, 1.165) is 16.4 Å². The van der Waals surface area contributed by atoms with Crippen LogP contribution >= 0.6 is 11.3 Å². The predicted octanol–water partition coefficient (Wildman–Crippen LogP) is -0.365. The number of nitrogens with zero attached hydrogens (tertiary/aromatic N) is 1. The maximum absolute atomic E-state index is 12.7. The van der Waals surface area contributed by atoms with Crippen molar-refractivity contribution in [2.75, 3.05) is 33.7 Å². The Bertz CT molecular complexity index is 947. The Labute approximate surface area is 215 Å². The first-order valence-corrected chi connectivity index (χ1v) is 12.9. The molecule has 6 amide bonds. The summed E-state index contributed by atoms with van der Waals surface area (Å²) in [6.07, 6.45) is 3.52. The molecule has 1 atom stereocenters. The van der Waals surface area contributed by atoms with Gasteiger partial charge in [-0.3, -0.25) is 24.5 Å². The number of nitrogens with one attached hydrogen (secondary N) is 5. The topological polar surface area (TPSA) is 175 Å². The van der Waals surface area contributed by atoms with Crippen molar-refractivity contribution in [3.05, 3.63) is 21.4 Å². The average molecular weight is 524 g/mol. The zero-order chi connectivity index (χ0) is 26.7. The van der Waals surface area contributed by atoms with Crippen molar-refractivity contribution >= 4 is 41.0 Å². The summed E-state index contributed by atoms with van der Waals surface area (Å²) in [5, 5.41) is 13.0. The molecule has 0 bridgehead atoms. The third kappa shape index (κ3) is 8.88. The van der Waals surface area contributed by atoms with E-state index < -0.39 is 11.9 Å². The number of rotatable bonds is 8. The Hall–Kier alpha value is -3.03. The zero-order valence-corrected chi connectivity index (χ0v) is 21.9. The Morgan fingerprint density at radius 2 is 1.78 bits per heavy atom. The third-order valence-corrected chi connectivity index (χ3v) is 6.77. The van der Waals surface area contributed by atoms with Gasteiger partial charge in [0.15, 0.2) is 0 Å². The highest BCUT2D eigenvalue weighted by Gasteiger charge is 2.40. The summed E-state index contributed by atoms with van der Waals surface area (Å²) in [6.45, 7) is 3.69. The van der Waals surface area contributed by atoms with Crippen LogP contribution in [0.15, 0.2) is 6.07 Å². The first kappa shape index (κ1) is 29.2. The van der Waals surface area contributed by atoms with Crippen LogP contribution in [0.1, 0.15) is 52.7 Å². The van der Waals surface area contributed by atoms with Crippen molar-refractivity contribution in [1.29, 1.82) is 0 Å². The first-order valence-electron chi connectivity index (χ1n) is 12.1. The molecule has 12 nitrogen and oxygen atoms in total. The molecule has 0 radical (unpaired) electrons. The van der Waals surface area contributed by atoms with Gasteiger partial charge in [-0.05, 0) is 38.1 Å². The molecule has 13 heteroatoms. The van der Waals surface area contributed by atoms with Crippen LogP contribution in [0, 0.1) is 5.92 Å². The summed E-state index contributed by atoms with van der Waals surface area (Å²) in [4.78, 5) is 62.0. The fraction of sp³-hybridized carbons (Fsp3) is 0.609. The van der Waals surface area contributed by atoms with E-state index in [2.05, 4.69) is 39.2 Å². The molecule has 36 heavy (non-hydrogen) atoms. The maximum atomic E-state index is 12.7. The van der Waals surface area contributed by atoms with Crippen LogP contribution in [0.3, 0.4) is 0 Å². The maximum Gasteiger partial charge on any atom is 0.315 e. The van der Waals surface area contributed by atoms with Gasteiger partial charge in [-0.25, -0.2) is 4.79 Å². The van der Waals surface area contributed by atoms with Crippen LogP contribution in [-0.2, 0) is 27.5 Å². The monoisotopic (exact) mass is 523 g/mol. The minimum Gasteiger partial charge on any atom is -0.353 e. The number of carbonyl (C=O) groups excluding carboxylic acids is 5. The van der Waals surface area contributed by atoms with Gasteiger partial charge in [-0.1, -0.05) is 19.8 Å². The normalized spacial score (nSPS) is 18.2. The molecular formula is C23H37N7O5S. The van der Waals surface area contributed by atoms with E-state index in [4.69, 9.17) is 0 Å². The van der Waals surface area contributed by atoms with Crippen molar-refractivity contribution in [2.24, 2.45) is 11.7 Å². The van der Waals surface area contributed by atoms with Gasteiger partial charge in [-0.2, -0.15) is 0 Å². The Kier molecular flexibility index (Phi) is 11.8. The lowest BCUT2D eigenvalue weighted by molar-refractivity contribution is -0.137. The minimum atomic E-state index is -0.629. The van der Waals surface area contributed by atoms with Gasteiger partial charge in [0.1, 0.15) is 6.04 Å². The molecule has 2 fully saturated rings. The van der Waals surface area contributed by atoms with Gasteiger partial charge >= 0.3 is 6.03 Å². The number of hydrogen-bond acceptors (Lipinski definition) is 8. The highest BCUT2D eigenvalue weighted by molar-refractivity contribution is 7.14. The Morgan fingerprint density at radius 3 is 2.36 bits per heavy atom. The lowest BCUT2D eigenvalue weighted by atomic mass is 10.0. The molecular weight excluding hydrogens is 486 g/mol. The molecule has 1 aromatic rings. The zero-order valence-electron chi connectivity index (χ0n) is 21.1. The number of fused-ring (bicyclic) bond motifs is 1. The molecule has 1 saturated carbocycles. The molecule has 0 aromatic carbocycles. The smallest absolute Gasteiger partial charge is 0.315 e. The van der Waals surface area contributed by atoms with E-state index in [-0.39, 0.29) is 43.3 Å². The number of amides is 6. The van der Waals surface area contributed by atoms with E-state index in [0.29, 0.717) is 30.9 Å². The fourth-order valence-electron chi connectivity index (χ4n) is 3.49. The summed E-state index contributed by atoms with van der Waals surface area (Å²) in [6, 6.07) is 0.848. The summed E-state index contributed by atoms with van der Waals surface area (Å²) in [7, 11) is 3.17. The molecule has 4 rings (SSSR count). The van der Waals surface area contributed by atoms with Gasteiger partial charge in [-0.15, -0.1) is 11.3 Å². The second-order valence-electron chi connectivity index (χ2n) is 8.64. The molecule has 200 valence electrons. The van der Waals surface area contributed by atoms with E-state index in [1.807, 2.05) is 6.07 Å². The molecule has 1 aromatic heterocycles. The lowest BCUT2D eigenvalue weighted by Crippen LogP contribution is -2.52. The van der Waals surface area contributed by atoms with Gasteiger partial charge in [0.25, 0.3) is 5.91 Å². The number of thiophene rings is 1. The average Bonchev–Trinajstić information content (AvgIpc) is 3.43. The summed E-state index contributed by atoms with van der Waals surface area (Å²) < 4.78 is 0. The molecule has 3 heterocycles. The Morgan fingerprint density at radius 1 is 1.11 bits per heavy atom. The highest BCUT2D eigenvalue weighted by Crippen LogP contribution is 2.33. The van der Waals surface area contributed by atoms with E-state index in [1.165, 1.54) is 36.1 Å². The second kappa shape index (κ2) is 14.5. The third-order valence-electron chi connectivity index (χ3n) is 5.60. The van der Waals surface area contributed by atoms with Crippen LogP contribution in [0.5, 0.6) is 0 Å². The lowest BCUT2D eigenvalue weighted by Gasteiger charge is -2.29. The number of imide groups is 1. The van der Waals surface area contributed by atoms with Gasteiger partial charge in [0.05, 0.1) is 18.0 Å². The Balaban J connectivity index is 0.000000677.